The number of fused-ring (bicyclic) bond motifs is 2. The fourth-order valence-corrected chi connectivity index (χ4v) is 3.29. The Morgan fingerprint density at radius 1 is 1.22 bits per heavy atom. The highest BCUT2D eigenvalue weighted by molar-refractivity contribution is 14.1. The fourth-order valence-electron chi connectivity index (χ4n) is 2.70. The molecule has 23 heavy (non-hydrogen) atoms. The largest absolute Gasteiger partial charge is 0.497 e. The topological polar surface area (TPSA) is 67.0 Å². The summed E-state index contributed by atoms with van der Waals surface area (Å²) in [5, 5.41) is 11.1. The number of aromatic nitrogens is 2. The third-order valence-electron chi connectivity index (χ3n) is 3.86. The molecule has 114 valence electrons. The number of ether oxygens (including phenoxy) is 1. The van der Waals surface area contributed by atoms with Crippen molar-refractivity contribution in [2.45, 2.75) is 0 Å². The van der Waals surface area contributed by atoms with Gasteiger partial charge in [-0.15, -0.1) is 0 Å². The monoisotopic (exact) mass is 417 g/mol. The van der Waals surface area contributed by atoms with Gasteiger partial charge in [-0.05, 0) is 64.6 Å². The SMILES string of the molecule is COc1ccc2c(c1)C(=Cc1ccc3c(I)n[nH]c3c1)C(=O)N2. The van der Waals surface area contributed by atoms with Gasteiger partial charge in [0.25, 0.3) is 5.91 Å². The zero-order valence-corrected chi connectivity index (χ0v) is 14.3. The summed E-state index contributed by atoms with van der Waals surface area (Å²) in [6, 6.07) is 11.5. The first-order valence-corrected chi connectivity index (χ1v) is 8.08. The van der Waals surface area contributed by atoms with Crippen molar-refractivity contribution in [2.75, 3.05) is 12.4 Å². The number of rotatable bonds is 2. The van der Waals surface area contributed by atoms with Crippen LogP contribution in [0.15, 0.2) is 36.4 Å². The number of anilines is 1. The van der Waals surface area contributed by atoms with Crippen molar-refractivity contribution in [1.82, 2.24) is 10.2 Å². The van der Waals surface area contributed by atoms with E-state index in [1.807, 2.05) is 42.5 Å². The molecule has 2 heterocycles. The lowest BCUT2D eigenvalue weighted by molar-refractivity contribution is -0.110. The van der Waals surface area contributed by atoms with Crippen LogP contribution in [0.4, 0.5) is 5.69 Å². The predicted molar refractivity (Wildman–Crippen MR) is 98.3 cm³/mol. The van der Waals surface area contributed by atoms with Crippen molar-refractivity contribution in [1.29, 1.82) is 0 Å². The predicted octanol–water partition coefficient (Wildman–Crippen LogP) is 3.67. The smallest absolute Gasteiger partial charge is 0.256 e. The summed E-state index contributed by atoms with van der Waals surface area (Å²) < 4.78 is 6.19. The van der Waals surface area contributed by atoms with Crippen LogP contribution in [0, 0.1) is 3.70 Å². The van der Waals surface area contributed by atoms with E-state index in [1.54, 1.807) is 7.11 Å². The van der Waals surface area contributed by atoms with Crippen LogP contribution >= 0.6 is 22.6 Å². The van der Waals surface area contributed by atoms with Gasteiger partial charge < -0.3 is 10.1 Å². The quantitative estimate of drug-likeness (QED) is 0.494. The van der Waals surface area contributed by atoms with E-state index in [9.17, 15) is 4.79 Å². The van der Waals surface area contributed by atoms with Gasteiger partial charge in [0.2, 0.25) is 0 Å². The number of H-pyrrole nitrogens is 1. The summed E-state index contributed by atoms with van der Waals surface area (Å²) in [5.74, 6) is 0.622. The third-order valence-corrected chi connectivity index (χ3v) is 4.68. The Morgan fingerprint density at radius 2 is 2.09 bits per heavy atom. The van der Waals surface area contributed by atoms with Crippen LogP contribution < -0.4 is 10.1 Å². The molecule has 0 fully saturated rings. The number of nitrogens with one attached hydrogen (secondary N) is 2. The van der Waals surface area contributed by atoms with Gasteiger partial charge in [-0.3, -0.25) is 9.89 Å². The van der Waals surface area contributed by atoms with Crippen LogP contribution in [-0.2, 0) is 4.79 Å². The highest BCUT2D eigenvalue weighted by Crippen LogP contribution is 2.35. The Kier molecular flexibility index (Phi) is 3.33. The van der Waals surface area contributed by atoms with Crippen LogP contribution in [0.5, 0.6) is 5.75 Å². The minimum atomic E-state index is -0.104. The molecule has 0 radical (unpaired) electrons. The van der Waals surface area contributed by atoms with Crippen molar-refractivity contribution in [3.63, 3.8) is 0 Å². The van der Waals surface area contributed by atoms with Gasteiger partial charge >= 0.3 is 0 Å². The Labute approximate surface area is 145 Å². The number of nitrogens with zero attached hydrogens (tertiary/aromatic N) is 1. The molecule has 0 bridgehead atoms. The lowest BCUT2D eigenvalue weighted by atomic mass is 10.0. The van der Waals surface area contributed by atoms with Gasteiger partial charge in [0, 0.05) is 22.2 Å². The fraction of sp³-hybridized carbons (Fsp3) is 0.0588. The highest BCUT2D eigenvalue weighted by Gasteiger charge is 2.24. The molecule has 5 nitrogen and oxygen atoms in total. The van der Waals surface area contributed by atoms with E-state index in [4.69, 9.17) is 4.74 Å². The first kappa shape index (κ1) is 14.3. The standard InChI is InChI=1S/C17H12IN3O2/c1-23-10-3-5-14-12(8-10)13(17(22)19-14)6-9-2-4-11-15(7-9)20-21-16(11)18/h2-8H,1H3,(H,19,22)(H,20,21). The summed E-state index contributed by atoms with van der Waals surface area (Å²) in [6.45, 7) is 0. The minimum absolute atomic E-state index is 0.104. The molecule has 2 aromatic carbocycles. The van der Waals surface area contributed by atoms with E-state index < -0.39 is 0 Å². The van der Waals surface area contributed by atoms with E-state index in [0.29, 0.717) is 5.57 Å². The second-order valence-electron chi connectivity index (χ2n) is 5.24. The maximum Gasteiger partial charge on any atom is 0.256 e. The molecule has 1 aliphatic rings. The Hall–Kier alpha value is -2.35. The van der Waals surface area contributed by atoms with Crippen LogP contribution in [0.1, 0.15) is 11.1 Å². The number of halogens is 1. The molecule has 2 N–H and O–H groups in total. The number of carbonyl (C=O) groups excluding carboxylic acids is 1. The zero-order valence-electron chi connectivity index (χ0n) is 12.2. The van der Waals surface area contributed by atoms with Crippen LogP contribution in [-0.4, -0.2) is 23.2 Å². The average Bonchev–Trinajstić information content (AvgIpc) is 3.08. The van der Waals surface area contributed by atoms with Crippen molar-refractivity contribution in [3.8, 4) is 5.75 Å². The highest BCUT2D eigenvalue weighted by atomic mass is 127. The van der Waals surface area contributed by atoms with Crippen molar-refractivity contribution < 1.29 is 9.53 Å². The van der Waals surface area contributed by atoms with Crippen molar-refractivity contribution in [3.05, 3.63) is 51.2 Å². The van der Waals surface area contributed by atoms with Gasteiger partial charge in [-0.2, -0.15) is 5.10 Å². The summed E-state index contributed by atoms with van der Waals surface area (Å²) >= 11 is 2.19. The van der Waals surface area contributed by atoms with Gasteiger partial charge in [0.15, 0.2) is 0 Å². The number of aromatic amines is 1. The summed E-state index contributed by atoms with van der Waals surface area (Å²) in [5.41, 5.74) is 4.19. The number of benzene rings is 2. The summed E-state index contributed by atoms with van der Waals surface area (Å²) in [4.78, 5) is 12.3. The first-order valence-electron chi connectivity index (χ1n) is 7.01. The molecule has 1 aliphatic heterocycles. The number of hydrogen-bond donors (Lipinski definition) is 2. The van der Waals surface area contributed by atoms with E-state index in [1.165, 1.54) is 0 Å². The second-order valence-corrected chi connectivity index (χ2v) is 6.26. The van der Waals surface area contributed by atoms with Crippen molar-refractivity contribution >= 4 is 56.7 Å². The van der Waals surface area contributed by atoms with Gasteiger partial charge in [0.1, 0.15) is 9.45 Å². The van der Waals surface area contributed by atoms with Crippen molar-refractivity contribution in [2.24, 2.45) is 0 Å². The molecule has 1 aromatic heterocycles. The lowest BCUT2D eigenvalue weighted by Crippen LogP contribution is -2.03. The van der Waals surface area contributed by atoms with E-state index in [0.717, 1.165) is 37.2 Å². The molecule has 6 heteroatoms. The molecule has 0 saturated heterocycles. The minimum Gasteiger partial charge on any atom is -0.497 e. The average molecular weight is 417 g/mol. The first-order chi connectivity index (χ1) is 11.2. The van der Waals surface area contributed by atoms with Crippen LogP contribution in [0.2, 0.25) is 0 Å². The Balaban J connectivity index is 1.82. The van der Waals surface area contributed by atoms with Crippen LogP contribution in [0.3, 0.4) is 0 Å². The van der Waals surface area contributed by atoms with Gasteiger partial charge in [-0.25, -0.2) is 0 Å². The van der Waals surface area contributed by atoms with E-state index in [2.05, 4.69) is 38.1 Å². The summed E-state index contributed by atoms with van der Waals surface area (Å²) in [6.07, 6.45) is 1.88. The van der Waals surface area contributed by atoms with Gasteiger partial charge in [0.05, 0.1) is 12.6 Å². The number of amides is 1. The summed E-state index contributed by atoms with van der Waals surface area (Å²) in [7, 11) is 1.61. The number of methoxy groups -OCH3 is 1. The molecule has 3 aromatic rings. The van der Waals surface area contributed by atoms with E-state index in [-0.39, 0.29) is 5.91 Å². The Bertz CT molecular complexity index is 975. The molecular weight excluding hydrogens is 405 g/mol. The molecule has 0 atom stereocenters. The molecule has 0 saturated carbocycles. The molecule has 0 unspecified atom stereocenters. The van der Waals surface area contributed by atoms with Crippen LogP contribution in [0.25, 0.3) is 22.6 Å². The molecule has 0 aliphatic carbocycles. The maximum atomic E-state index is 12.3. The zero-order chi connectivity index (χ0) is 16.0. The lowest BCUT2D eigenvalue weighted by Gasteiger charge is -2.03. The van der Waals surface area contributed by atoms with Gasteiger partial charge in [-0.1, -0.05) is 6.07 Å². The maximum absolute atomic E-state index is 12.3. The number of hydrogen-bond acceptors (Lipinski definition) is 3. The molecular formula is C17H12IN3O2. The molecule has 4 rings (SSSR count). The Morgan fingerprint density at radius 3 is 2.91 bits per heavy atom. The third kappa shape index (κ3) is 2.39. The van der Waals surface area contributed by atoms with E-state index >= 15 is 0 Å². The normalized spacial score (nSPS) is 15.0. The molecule has 0 spiro atoms. The second kappa shape index (κ2) is 5.38. The number of carbonyl (C=O) groups is 1. The molecule has 1 amide bonds.